The first kappa shape index (κ1) is 42.9. The molecule has 1 aliphatic carbocycles. The van der Waals surface area contributed by atoms with Crippen LogP contribution in [0.25, 0.3) is 0 Å². The predicted molar refractivity (Wildman–Crippen MR) is 222 cm³/mol. The van der Waals surface area contributed by atoms with Crippen molar-refractivity contribution >= 4 is 33.7 Å². The molecule has 1 spiro atoms. The van der Waals surface area contributed by atoms with E-state index in [-0.39, 0.29) is 29.9 Å². The Hall–Kier alpha value is -3.81. The number of para-hydroxylation sites is 1. The number of hydrogen-bond acceptors (Lipinski definition) is 13. The summed E-state index contributed by atoms with van der Waals surface area (Å²) in [6.07, 6.45) is 5.67. The van der Waals surface area contributed by atoms with Gasteiger partial charge in [0.25, 0.3) is 5.91 Å². The topological polar surface area (TPSA) is 236 Å². The van der Waals surface area contributed by atoms with Crippen molar-refractivity contribution < 1.29 is 51.9 Å². The SMILES string of the molecule is CC[C@]1(O)C[C@H]2CN(CCC3c4ccccc4NC3[C@H](C(=O)OC)[C@H]2c2cc3c(cc2OC)N(C)C2[C@]34CCN3CC=C[C@](CC)(C34)[C@@H](O)[C@]2(O)C(N)=O)C1.O=S(=O)(O)O. The van der Waals surface area contributed by atoms with Gasteiger partial charge in [0.15, 0.2) is 5.60 Å². The van der Waals surface area contributed by atoms with E-state index in [0.717, 1.165) is 35.5 Å². The van der Waals surface area contributed by atoms with E-state index in [0.29, 0.717) is 57.6 Å². The molecule has 13 atom stereocenters. The fourth-order valence-electron chi connectivity index (χ4n) is 13.5. The summed E-state index contributed by atoms with van der Waals surface area (Å²) in [4.78, 5) is 35.0. The molecule has 2 aromatic carbocycles. The number of fused-ring (bicyclic) bond motifs is 6. The number of methoxy groups -OCH3 is 2. The molecule has 8 N–H and O–H groups in total. The highest BCUT2D eigenvalue weighted by Gasteiger charge is 2.78. The Balaban J connectivity index is 0.000000943. The van der Waals surface area contributed by atoms with Crippen molar-refractivity contribution in [1.29, 1.82) is 0 Å². The predicted octanol–water partition coefficient (Wildman–Crippen LogP) is 2.05. The van der Waals surface area contributed by atoms with E-state index in [1.54, 1.807) is 7.11 Å². The van der Waals surface area contributed by atoms with Crippen molar-refractivity contribution in [2.45, 2.75) is 98.6 Å². The van der Waals surface area contributed by atoms with Gasteiger partial charge in [-0.25, -0.2) is 0 Å². The number of aliphatic hydroxyl groups excluding tert-OH is 1. The molecule has 17 heteroatoms. The molecule has 2 aromatic rings. The molecular weight excluding hydrogens is 795 g/mol. The van der Waals surface area contributed by atoms with Crippen LogP contribution in [-0.4, -0.2) is 144 Å². The number of rotatable bonds is 6. The first-order chi connectivity index (χ1) is 28.3. The van der Waals surface area contributed by atoms with Crippen molar-refractivity contribution in [2.24, 2.45) is 23.0 Å². The fourth-order valence-corrected chi connectivity index (χ4v) is 13.5. The van der Waals surface area contributed by atoms with Gasteiger partial charge in [-0.3, -0.25) is 23.6 Å². The van der Waals surface area contributed by atoms with Crippen LogP contribution in [-0.2, 0) is 30.1 Å². The minimum Gasteiger partial charge on any atom is -0.496 e. The Labute approximate surface area is 351 Å². The molecule has 1 amide bonds. The maximum absolute atomic E-state index is 14.6. The van der Waals surface area contributed by atoms with Gasteiger partial charge in [0.1, 0.15) is 11.9 Å². The highest BCUT2D eigenvalue weighted by molar-refractivity contribution is 7.79. The molecule has 4 fully saturated rings. The number of carbonyl (C=O) groups excluding carboxylic acids is 2. The second-order valence-corrected chi connectivity index (χ2v) is 19.1. The van der Waals surface area contributed by atoms with E-state index in [9.17, 15) is 24.9 Å². The molecule has 3 saturated heterocycles. The monoisotopic (exact) mass is 853 g/mol. The van der Waals surface area contributed by atoms with Gasteiger partial charge >= 0.3 is 16.4 Å². The number of piperidine rings is 1. The number of aliphatic hydroxyl groups is 3. The van der Waals surface area contributed by atoms with Crippen LogP contribution in [0.2, 0.25) is 0 Å². The summed E-state index contributed by atoms with van der Waals surface area (Å²) >= 11 is 0. The van der Waals surface area contributed by atoms with Crippen LogP contribution in [0, 0.1) is 17.3 Å². The molecule has 9 rings (SSSR count). The molecule has 0 aromatic heterocycles. The van der Waals surface area contributed by atoms with Crippen LogP contribution in [0.3, 0.4) is 0 Å². The average Bonchev–Trinajstić information content (AvgIpc) is 3.86. The van der Waals surface area contributed by atoms with Crippen LogP contribution >= 0.6 is 0 Å². The number of primary amides is 1. The van der Waals surface area contributed by atoms with E-state index in [1.807, 2.05) is 50.1 Å². The minimum absolute atomic E-state index is 0.0272. The number of benzene rings is 2. The molecule has 328 valence electrons. The first-order valence-electron chi connectivity index (χ1n) is 21.0. The van der Waals surface area contributed by atoms with E-state index < -0.39 is 62.3 Å². The van der Waals surface area contributed by atoms with Gasteiger partial charge in [-0.15, -0.1) is 0 Å². The third-order valence-electron chi connectivity index (χ3n) is 15.7. The van der Waals surface area contributed by atoms with Gasteiger partial charge in [-0.1, -0.05) is 44.2 Å². The van der Waals surface area contributed by atoms with Gasteiger partial charge in [-0.05, 0) is 79.9 Å². The lowest BCUT2D eigenvalue weighted by Crippen LogP contribution is -2.81. The van der Waals surface area contributed by atoms with Crippen molar-refractivity contribution in [3.8, 4) is 5.75 Å². The molecule has 7 aliphatic rings. The number of nitrogens with one attached hydrogen (secondary N) is 1. The van der Waals surface area contributed by atoms with E-state index in [4.69, 9.17) is 32.7 Å². The lowest BCUT2D eigenvalue weighted by atomic mass is 9.47. The normalized spacial score (nSPS) is 39.8. The quantitative estimate of drug-likeness (QED) is 0.125. The van der Waals surface area contributed by atoms with Crippen molar-refractivity contribution in [1.82, 2.24) is 9.80 Å². The van der Waals surface area contributed by atoms with Gasteiger partial charge in [-0.2, -0.15) is 8.42 Å². The highest BCUT2D eigenvalue weighted by atomic mass is 32.3. The number of anilines is 2. The largest absolute Gasteiger partial charge is 0.496 e. The Morgan fingerprint density at radius 2 is 1.75 bits per heavy atom. The zero-order valence-corrected chi connectivity index (χ0v) is 35.6. The fraction of sp³-hybridized carbons (Fsp3) is 0.628. The third-order valence-corrected chi connectivity index (χ3v) is 15.7. The van der Waals surface area contributed by atoms with Crippen LogP contribution in [0.4, 0.5) is 11.4 Å². The molecule has 2 bridgehead atoms. The first-order valence-corrected chi connectivity index (χ1v) is 22.4. The number of ether oxygens (including phenoxy) is 2. The number of nitrogens with zero attached hydrogens (tertiary/aromatic N) is 3. The second-order valence-electron chi connectivity index (χ2n) is 18.2. The maximum atomic E-state index is 14.6. The van der Waals surface area contributed by atoms with Crippen LogP contribution < -0.4 is 20.7 Å². The number of amides is 1. The van der Waals surface area contributed by atoms with Gasteiger partial charge in [0.2, 0.25) is 0 Å². The van der Waals surface area contributed by atoms with Crippen molar-refractivity contribution in [3.63, 3.8) is 0 Å². The number of esters is 1. The summed E-state index contributed by atoms with van der Waals surface area (Å²) in [7, 11) is 0.313. The van der Waals surface area contributed by atoms with Crippen LogP contribution in [0.5, 0.6) is 5.75 Å². The van der Waals surface area contributed by atoms with Gasteiger partial charge in [0.05, 0.1) is 31.8 Å². The Kier molecular flexibility index (Phi) is 10.7. The molecule has 60 heavy (non-hydrogen) atoms. The lowest BCUT2D eigenvalue weighted by Gasteiger charge is -2.63. The third kappa shape index (κ3) is 6.20. The molecule has 6 heterocycles. The average molecular weight is 854 g/mol. The molecule has 1 saturated carbocycles. The Morgan fingerprint density at radius 1 is 1.03 bits per heavy atom. The standard InChI is InChI=1S/C43H57N5O7.H2O4S/c1-6-40(52)21-24-22-47(23-40)17-13-26-25-11-8-9-12-29(25)45-34(26)33(35(49)55-5)32(24)27-19-28-30(20-31(27)54-4)46(3)37-42(28)15-18-48-16-10-14-41(7-2,36(42)48)38(50)43(37,53)39(44)51;1-5(2,3)4/h8-12,14,19-20,24,26,32-34,36-38,45,50,52-53H,6-7,13,15-18,21-23H2,1-5H3,(H2,44,51);(H2,1,2,3,4)/t24-,26?,32+,33+,34?,36?,37?,38+,40-,41+,42+,43-;/m0./s1. The zero-order valence-electron chi connectivity index (χ0n) is 34.8. The lowest BCUT2D eigenvalue weighted by molar-refractivity contribution is -0.201. The Morgan fingerprint density at radius 3 is 2.40 bits per heavy atom. The van der Waals surface area contributed by atoms with Gasteiger partial charge in [0, 0.05) is 78.9 Å². The number of hydrogen-bond donors (Lipinski definition) is 7. The van der Waals surface area contributed by atoms with Gasteiger partial charge < -0.3 is 45.6 Å². The summed E-state index contributed by atoms with van der Waals surface area (Å²) in [6.45, 7) is 7.50. The molecular formula is C43H59N5O11S. The number of nitrogens with two attached hydrogens (primary N) is 1. The maximum Gasteiger partial charge on any atom is 0.394 e. The summed E-state index contributed by atoms with van der Waals surface area (Å²) in [5.41, 5.74) is 6.04. The molecule has 0 radical (unpaired) electrons. The zero-order chi connectivity index (χ0) is 43.3. The number of likely N-dealkylation sites (N-methyl/N-ethyl adjacent to an activating group) is 1. The minimum atomic E-state index is -4.67. The summed E-state index contributed by atoms with van der Waals surface area (Å²) in [5.74, 6) is -1.87. The highest BCUT2D eigenvalue weighted by Crippen LogP contribution is 2.67. The Bertz CT molecular complexity index is 2180. The summed E-state index contributed by atoms with van der Waals surface area (Å²) < 4.78 is 43.7. The van der Waals surface area contributed by atoms with E-state index >= 15 is 0 Å². The summed E-state index contributed by atoms with van der Waals surface area (Å²) in [5, 5.41) is 40.9. The van der Waals surface area contributed by atoms with E-state index in [1.165, 1.54) is 12.7 Å². The van der Waals surface area contributed by atoms with Crippen molar-refractivity contribution in [3.05, 3.63) is 65.2 Å². The molecule has 16 nitrogen and oxygen atoms in total. The number of carbonyl (C=O) groups is 2. The molecule has 5 unspecified atom stereocenters. The van der Waals surface area contributed by atoms with E-state index in [2.05, 4.69) is 39.4 Å². The molecule has 6 aliphatic heterocycles. The smallest absolute Gasteiger partial charge is 0.394 e. The van der Waals surface area contributed by atoms with Crippen molar-refractivity contribution in [2.75, 3.05) is 64.2 Å². The second kappa shape index (κ2) is 14.9. The summed E-state index contributed by atoms with van der Waals surface area (Å²) in [6, 6.07) is 11.2. The van der Waals surface area contributed by atoms with Crippen LogP contribution in [0.1, 0.15) is 74.5 Å². The van der Waals surface area contributed by atoms with Crippen LogP contribution in [0.15, 0.2) is 48.6 Å².